The molecule has 1 atom stereocenters. The van der Waals surface area contributed by atoms with E-state index in [1.807, 2.05) is 31.2 Å². The highest BCUT2D eigenvalue weighted by Crippen LogP contribution is 2.25. The number of hydrogen-bond donors (Lipinski definition) is 2. The largest absolute Gasteiger partial charge is 0.493 e. The second-order valence-corrected chi connectivity index (χ2v) is 6.40. The van der Waals surface area contributed by atoms with Crippen molar-refractivity contribution in [1.29, 1.82) is 0 Å². The Morgan fingerprint density at radius 3 is 2.52 bits per heavy atom. The Morgan fingerprint density at radius 2 is 1.91 bits per heavy atom. The van der Waals surface area contributed by atoms with Crippen molar-refractivity contribution in [3.8, 4) is 5.75 Å². The number of benzene rings is 1. The van der Waals surface area contributed by atoms with Crippen molar-refractivity contribution in [3.63, 3.8) is 0 Å². The van der Waals surface area contributed by atoms with Gasteiger partial charge < -0.3 is 15.8 Å². The quantitative estimate of drug-likeness (QED) is 0.784. The SMILES string of the molecule is CC(N)CCC(=O)Nc1ccc(OCC2CCCCC2)cc1.Cl. The van der Waals surface area contributed by atoms with Gasteiger partial charge in [-0.15, -0.1) is 12.4 Å². The molecule has 0 bridgehead atoms. The summed E-state index contributed by atoms with van der Waals surface area (Å²) in [5, 5.41) is 2.88. The average molecular weight is 341 g/mol. The van der Waals surface area contributed by atoms with E-state index in [0.717, 1.165) is 18.0 Å². The first-order valence-corrected chi connectivity index (χ1v) is 8.42. The van der Waals surface area contributed by atoms with Crippen LogP contribution in [0.2, 0.25) is 0 Å². The van der Waals surface area contributed by atoms with E-state index in [-0.39, 0.29) is 24.4 Å². The van der Waals surface area contributed by atoms with E-state index in [9.17, 15) is 4.79 Å². The van der Waals surface area contributed by atoms with E-state index >= 15 is 0 Å². The minimum atomic E-state index is 0. The molecule has 4 nitrogen and oxygen atoms in total. The van der Waals surface area contributed by atoms with Crippen molar-refractivity contribution in [3.05, 3.63) is 24.3 Å². The molecule has 1 fully saturated rings. The monoisotopic (exact) mass is 340 g/mol. The van der Waals surface area contributed by atoms with Crippen LogP contribution in [-0.4, -0.2) is 18.6 Å². The maximum Gasteiger partial charge on any atom is 0.224 e. The Hall–Kier alpha value is -1.26. The van der Waals surface area contributed by atoms with Crippen molar-refractivity contribution in [2.45, 2.75) is 57.9 Å². The number of amides is 1. The Kier molecular flexibility index (Phi) is 9.03. The van der Waals surface area contributed by atoms with E-state index in [1.165, 1.54) is 32.1 Å². The highest BCUT2D eigenvalue weighted by atomic mass is 35.5. The van der Waals surface area contributed by atoms with Gasteiger partial charge >= 0.3 is 0 Å². The minimum Gasteiger partial charge on any atom is -0.493 e. The Labute approximate surface area is 145 Å². The molecule has 5 heteroatoms. The number of hydrogen-bond acceptors (Lipinski definition) is 3. The first-order valence-electron chi connectivity index (χ1n) is 8.42. The Bertz CT molecular complexity index is 457. The molecule has 1 aliphatic carbocycles. The van der Waals surface area contributed by atoms with Crippen LogP contribution < -0.4 is 15.8 Å². The summed E-state index contributed by atoms with van der Waals surface area (Å²) in [5.41, 5.74) is 6.46. The molecule has 0 spiro atoms. The normalized spacial score (nSPS) is 16.3. The van der Waals surface area contributed by atoms with Crippen molar-refractivity contribution in [2.24, 2.45) is 11.7 Å². The van der Waals surface area contributed by atoms with Gasteiger partial charge in [0.25, 0.3) is 0 Å². The zero-order chi connectivity index (χ0) is 15.8. The van der Waals surface area contributed by atoms with Gasteiger partial charge in [-0.25, -0.2) is 0 Å². The number of ether oxygens (including phenoxy) is 1. The van der Waals surface area contributed by atoms with Crippen LogP contribution in [0.4, 0.5) is 5.69 Å². The van der Waals surface area contributed by atoms with Gasteiger partial charge in [-0.1, -0.05) is 19.3 Å². The van der Waals surface area contributed by atoms with Crippen molar-refractivity contribution in [2.75, 3.05) is 11.9 Å². The van der Waals surface area contributed by atoms with Gasteiger partial charge in [0.15, 0.2) is 0 Å². The Balaban J connectivity index is 0.00000264. The molecular weight excluding hydrogens is 312 g/mol. The molecule has 0 heterocycles. The van der Waals surface area contributed by atoms with E-state index in [1.54, 1.807) is 0 Å². The van der Waals surface area contributed by atoms with E-state index < -0.39 is 0 Å². The lowest BCUT2D eigenvalue weighted by atomic mass is 9.90. The maximum absolute atomic E-state index is 11.7. The number of carbonyl (C=O) groups is 1. The molecule has 1 aromatic rings. The van der Waals surface area contributed by atoms with Crippen LogP contribution in [0.1, 0.15) is 51.9 Å². The molecule has 2 rings (SSSR count). The summed E-state index contributed by atoms with van der Waals surface area (Å²) in [4.78, 5) is 11.7. The summed E-state index contributed by atoms with van der Waals surface area (Å²) in [6.07, 6.45) is 7.77. The zero-order valence-corrected chi connectivity index (χ0v) is 14.7. The predicted molar refractivity (Wildman–Crippen MR) is 97.3 cm³/mol. The number of nitrogens with two attached hydrogens (primary N) is 1. The lowest BCUT2D eigenvalue weighted by Crippen LogP contribution is -2.19. The lowest BCUT2D eigenvalue weighted by Gasteiger charge is -2.21. The van der Waals surface area contributed by atoms with Gasteiger partial charge in [-0.2, -0.15) is 0 Å². The van der Waals surface area contributed by atoms with Crippen LogP contribution >= 0.6 is 12.4 Å². The van der Waals surface area contributed by atoms with Crippen LogP contribution in [0.25, 0.3) is 0 Å². The molecule has 0 aliphatic heterocycles. The van der Waals surface area contributed by atoms with Crippen molar-refractivity contribution >= 4 is 24.0 Å². The molecule has 1 saturated carbocycles. The summed E-state index contributed by atoms with van der Waals surface area (Å²) in [7, 11) is 0. The van der Waals surface area contributed by atoms with E-state index in [0.29, 0.717) is 18.8 Å². The second-order valence-electron chi connectivity index (χ2n) is 6.40. The maximum atomic E-state index is 11.7. The average Bonchev–Trinajstić information content (AvgIpc) is 2.53. The summed E-state index contributed by atoms with van der Waals surface area (Å²) >= 11 is 0. The van der Waals surface area contributed by atoms with Crippen LogP contribution in [0, 0.1) is 5.92 Å². The summed E-state index contributed by atoms with van der Waals surface area (Å²) in [6.45, 7) is 2.71. The molecule has 0 aromatic heterocycles. The fourth-order valence-corrected chi connectivity index (χ4v) is 2.78. The Morgan fingerprint density at radius 1 is 1.26 bits per heavy atom. The van der Waals surface area contributed by atoms with Crippen LogP contribution in [0.15, 0.2) is 24.3 Å². The number of carbonyl (C=O) groups excluding carboxylic acids is 1. The summed E-state index contributed by atoms with van der Waals surface area (Å²) < 4.78 is 5.86. The third-order valence-corrected chi connectivity index (χ3v) is 4.18. The van der Waals surface area contributed by atoms with Crippen LogP contribution in [0.3, 0.4) is 0 Å². The van der Waals surface area contributed by atoms with Gasteiger partial charge in [0.1, 0.15) is 5.75 Å². The first-order chi connectivity index (χ1) is 10.6. The molecule has 3 N–H and O–H groups in total. The van der Waals surface area contributed by atoms with E-state index in [2.05, 4.69) is 5.32 Å². The smallest absolute Gasteiger partial charge is 0.224 e. The highest BCUT2D eigenvalue weighted by molar-refractivity contribution is 5.90. The number of rotatable bonds is 7. The number of halogens is 1. The van der Waals surface area contributed by atoms with Crippen molar-refractivity contribution in [1.82, 2.24) is 0 Å². The molecular formula is C18H29ClN2O2. The van der Waals surface area contributed by atoms with Gasteiger partial charge in [-0.3, -0.25) is 4.79 Å². The van der Waals surface area contributed by atoms with Gasteiger partial charge in [0.2, 0.25) is 5.91 Å². The third-order valence-electron chi connectivity index (χ3n) is 4.18. The first kappa shape index (κ1) is 19.8. The molecule has 1 aromatic carbocycles. The topological polar surface area (TPSA) is 64.4 Å². The summed E-state index contributed by atoms with van der Waals surface area (Å²) in [5.74, 6) is 1.58. The molecule has 23 heavy (non-hydrogen) atoms. The molecule has 1 amide bonds. The van der Waals surface area contributed by atoms with Crippen molar-refractivity contribution < 1.29 is 9.53 Å². The highest BCUT2D eigenvalue weighted by Gasteiger charge is 2.13. The fraction of sp³-hybridized carbons (Fsp3) is 0.611. The number of anilines is 1. The lowest BCUT2D eigenvalue weighted by molar-refractivity contribution is -0.116. The zero-order valence-electron chi connectivity index (χ0n) is 13.9. The molecule has 0 radical (unpaired) electrons. The predicted octanol–water partition coefficient (Wildman–Crippen LogP) is 4.13. The molecule has 0 saturated heterocycles. The van der Waals surface area contributed by atoms with Gasteiger partial charge in [0.05, 0.1) is 6.61 Å². The van der Waals surface area contributed by atoms with Gasteiger partial charge in [-0.05, 0) is 56.4 Å². The second kappa shape index (κ2) is 10.5. The standard InChI is InChI=1S/C18H28N2O2.ClH/c1-14(19)7-12-18(21)20-16-8-10-17(11-9-16)22-13-15-5-3-2-4-6-15;/h8-11,14-15H,2-7,12-13,19H2,1H3,(H,20,21);1H. The van der Waals surface area contributed by atoms with Crippen LogP contribution in [-0.2, 0) is 4.79 Å². The van der Waals surface area contributed by atoms with Gasteiger partial charge in [0, 0.05) is 18.2 Å². The summed E-state index contributed by atoms with van der Waals surface area (Å²) in [6, 6.07) is 7.68. The molecule has 130 valence electrons. The van der Waals surface area contributed by atoms with Crippen LogP contribution in [0.5, 0.6) is 5.75 Å². The minimum absolute atomic E-state index is 0. The molecule has 1 aliphatic rings. The number of nitrogens with one attached hydrogen (secondary N) is 1. The molecule has 1 unspecified atom stereocenters. The third kappa shape index (κ3) is 7.71. The van der Waals surface area contributed by atoms with E-state index in [4.69, 9.17) is 10.5 Å². The fourth-order valence-electron chi connectivity index (χ4n) is 2.78.